The van der Waals surface area contributed by atoms with Crippen LogP contribution in [0.3, 0.4) is 0 Å². The summed E-state index contributed by atoms with van der Waals surface area (Å²) in [6.45, 7) is 2.27. The second kappa shape index (κ2) is 9.72. The molecule has 1 atom stereocenters. The summed E-state index contributed by atoms with van der Waals surface area (Å²) in [5.41, 5.74) is 8.47. The second-order valence-electron chi connectivity index (χ2n) is 7.88. The van der Waals surface area contributed by atoms with E-state index in [9.17, 15) is 12.8 Å². The standard InChI is InChI=1S/C25H25FN2O4S/c1-17-24(16-33(29,30)20-11-9-19(26)10-12-20)32-23-8-2-7-22(25(17)23)31-14-4-6-21(27)18-5-3-13-28-15-18/h2-3,5,7-13,15,21H,4,6,14,16,27H2,1H3. The van der Waals surface area contributed by atoms with Crippen LogP contribution in [-0.2, 0) is 15.6 Å². The minimum atomic E-state index is -3.69. The third-order valence-electron chi connectivity index (χ3n) is 5.54. The summed E-state index contributed by atoms with van der Waals surface area (Å²) in [7, 11) is -3.69. The number of hydrogen-bond donors (Lipinski definition) is 1. The first-order valence-electron chi connectivity index (χ1n) is 10.6. The summed E-state index contributed by atoms with van der Waals surface area (Å²) in [6.07, 6.45) is 4.97. The highest BCUT2D eigenvalue weighted by Gasteiger charge is 2.22. The molecular formula is C25H25FN2O4S. The Morgan fingerprint density at radius 3 is 2.64 bits per heavy atom. The van der Waals surface area contributed by atoms with Crippen LogP contribution in [0.25, 0.3) is 11.0 Å². The number of rotatable bonds is 9. The van der Waals surface area contributed by atoms with E-state index in [1.165, 1.54) is 12.1 Å². The fourth-order valence-electron chi connectivity index (χ4n) is 3.72. The Labute approximate surface area is 192 Å². The second-order valence-corrected chi connectivity index (χ2v) is 9.87. The molecule has 0 saturated heterocycles. The number of sulfone groups is 1. The molecule has 4 rings (SSSR count). The van der Waals surface area contributed by atoms with Gasteiger partial charge >= 0.3 is 0 Å². The molecule has 4 aromatic rings. The molecule has 1 unspecified atom stereocenters. The summed E-state index contributed by atoms with van der Waals surface area (Å²) >= 11 is 0. The van der Waals surface area contributed by atoms with Crippen LogP contribution in [0.4, 0.5) is 4.39 Å². The number of hydrogen-bond acceptors (Lipinski definition) is 6. The zero-order chi connectivity index (χ0) is 23.4. The number of pyridine rings is 1. The van der Waals surface area contributed by atoms with Gasteiger partial charge in [0.2, 0.25) is 0 Å². The minimum Gasteiger partial charge on any atom is -0.493 e. The van der Waals surface area contributed by atoms with Crippen molar-refractivity contribution >= 4 is 20.8 Å². The van der Waals surface area contributed by atoms with Crippen molar-refractivity contribution in [2.45, 2.75) is 36.5 Å². The average molecular weight is 469 g/mol. The van der Waals surface area contributed by atoms with Crippen molar-refractivity contribution in [2.75, 3.05) is 6.61 Å². The molecule has 2 N–H and O–H groups in total. The Hall–Kier alpha value is -3.23. The number of halogens is 1. The average Bonchev–Trinajstić information content (AvgIpc) is 3.12. The molecule has 0 aliphatic carbocycles. The Balaban J connectivity index is 1.46. The molecule has 2 heterocycles. The van der Waals surface area contributed by atoms with Crippen LogP contribution < -0.4 is 10.5 Å². The van der Waals surface area contributed by atoms with Gasteiger partial charge in [0.05, 0.1) is 16.9 Å². The zero-order valence-electron chi connectivity index (χ0n) is 18.2. The molecule has 0 bridgehead atoms. The molecule has 0 spiro atoms. The molecule has 0 radical (unpaired) electrons. The minimum absolute atomic E-state index is 0.0465. The number of ether oxygens (including phenoxy) is 1. The van der Waals surface area contributed by atoms with Crippen molar-refractivity contribution in [1.82, 2.24) is 4.98 Å². The molecule has 172 valence electrons. The monoisotopic (exact) mass is 468 g/mol. The molecule has 0 fully saturated rings. The van der Waals surface area contributed by atoms with Crippen LogP contribution in [0, 0.1) is 12.7 Å². The smallest absolute Gasteiger partial charge is 0.185 e. The lowest BCUT2D eigenvalue weighted by atomic mass is 10.1. The van der Waals surface area contributed by atoms with E-state index in [1.807, 2.05) is 25.1 Å². The molecule has 0 aliphatic heterocycles. The summed E-state index contributed by atoms with van der Waals surface area (Å²) < 4.78 is 50.6. The third-order valence-corrected chi connectivity index (χ3v) is 7.17. The highest BCUT2D eigenvalue weighted by molar-refractivity contribution is 7.90. The normalized spacial score (nSPS) is 12.7. The van der Waals surface area contributed by atoms with Gasteiger partial charge in [-0.3, -0.25) is 4.98 Å². The summed E-state index contributed by atoms with van der Waals surface area (Å²) in [6, 6.07) is 13.9. The predicted molar refractivity (Wildman–Crippen MR) is 124 cm³/mol. The summed E-state index contributed by atoms with van der Waals surface area (Å²) in [5, 5.41) is 0.748. The van der Waals surface area contributed by atoms with E-state index in [0.717, 1.165) is 35.9 Å². The van der Waals surface area contributed by atoms with Crippen LogP contribution in [0.5, 0.6) is 5.75 Å². The molecule has 6 nitrogen and oxygen atoms in total. The van der Waals surface area contributed by atoms with E-state index in [4.69, 9.17) is 14.9 Å². The van der Waals surface area contributed by atoms with E-state index in [0.29, 0.717) is 29.3 Å². The van der Waals surface area contributed by atoms with Crippen molar-refractivity contribution in [3.63, 3.8) is 0 Å². The lowest BCUT2D eigenvalue weighted by Crippen LogP contribution is -2.12. The fourth-order valence-corrected chi connectivity index (χ4v) is 5.06. The van der Waals surface area contributed by atoms with Gasteiger partial charge in [0.25, 0.3) is 0 Å². The topological polar surface area (TPSA) is 95.4 Å². The largest absolute Gasteiger partial charge is 0.493 e. The van der Waals surface area contributed by atoms with Gasteiger partial charge in [-0.25, -0.2) is 12.8 Å². The number of furan rings is 1. The molecule has 0 amide bonds. The first-order valence-corrected chi connectivity index (χ1v) is 12.3. The maximum Gasteiger partial charge on any atom is 0.185 e. The van der Waals surface area contributed by atoms with E-state index in [1.54, 1.807) is 24.5 Å². The number of benzene rings is 2. The van der Waals surface area contributed by atoms with Crippen LogP contribution in [-0.4, -0.2) is 20.0 Å². The van der Waals surface area contributed by atoms with Crippen LogP contribution in [0.15, 0.2) is 76.3 Å². The van der Waals surface area contributed by atoms with Crippen molar-refractivity contribution in [2.24, 2.45) is 5.73 Å². The van der Waals surface area contributed by atoms with Gasteiger partial charge < -0.3 is 14.9 Å². The SMILES string of the molecule is Cc1c(CS(=O)(=O)c2ccc(F)cc2)oc2cccc(OCCCC(N)c3cccnc3)c12. The Bertz CT molecular complexity index is 1340. The Morgan fingerprint density at radius 1 is 1.12 bits per heavy atom. The molecule has 8 heteroatoms. The van der Waals surface area contributed by atoms with Crippen LogP contribution in [0.2, 0.25) is 0 Å². The molecule has 0 saturated carbocycles. The van der Waals surface area contributed by atoms with Crippen molar-refractivity contribution < 1.29 is 22.0 Å². The molecule has 33 heavy (non-hydrogen) atoms. The Kier molecular flexibility index (Phi) is 6.76. The lowest BCUT2D eigenvalue weighted by Gasteiger charge is -2.12. The van der Waals surface area contributed by atoms with Gasteiger partial charge in [-0.2, -0.15) is 0 Å². The maximum absolute atomic E-state index is 13.2. The van der Waals surface area contributed by atoms with Crippen molar-refractivity contribution in [3.05, 3.63) is 89.7 Å². The highest BCUT2D eigenvalue weighted by atomic mass is 32.2. The first-order chi connectivity index (χ1) is 15.8. The van der Waals surface area contributed by atoms with Crippen LogP contribution in [0.1, 0.15) is 35.8 Å². The number of aryl methyl sites for hydroxylation is 1. The fraction of sp³-hybridized carbons (Fsp3) is 0.240. The van der Waals surface area contributed by atoms with Crippen LogP contribution >= 0.6 is 0 Å². The van der Waals surface area contributed by atoms with Gasteiger partial charge in [0, 0.05) is 24.0 Å². The number of nitrogens with zero attached hydrogens (tertiary/aromatic N) is 1. The number of aromatic nitrogens is 1. The lowest BCUT2D eigenvalue weighted by molar-refractivity contribution is 0.305. The predicted octanol–water partition coefficient (Wildman–Crippen LogP) is 5.11. The van der Waals surface area contributed by atoms with Gasteiger partial charge in [-0.15, -0.1) is 0 Å². The number of nitrogens with two attached hydrogens (primary N) is 1. The van der Waals surface area contributed by atoms with E-state index >= 15 is 0 Å². The van der Waals surface area contributed by atoms with Gasteiger partial charge in [0.15, 0.2) is 9.84 Å². The summed E-state index contributed by atoms with van der Waals surface area (Å²) in [4.78, 5) is 4.14. The van der Waals surface area contributed by atoms with Gasteiger partial charge in [-0.1, -0.05) is 12.1 Å². The Morgan fingerprint density at radius 2 is 1.91 bits per heavy atom. The quantitative estimate of drug-likeness (QED) is 0.271. The van der Waals surface area contributed by atoms with E-state index in [-0.39, 0.29) is 16.7 Å². The van der Waals surface area contributed by atoms with Crippen molar-refractivity contribution in [1.29, 1.82) is 0 Å². The third kappa shape index (κ3) is 5.23. The van der Waals surface area contributed by atoms with Gasteiger partial charge in [0.1, 0.15) is 28.7 Å². The first kappa shape index (κ1) is 22.9. The highest BCUT2D eigenvalue weighted by Crippen LogP contribution is 2.35. The molecular weight excluding hydrogens is 443 g/mol. The van der Waals surface area contributed by atoms with E-state index < -0.39 is 15.7 Å². The molecule has 2 aromatic heterocycles. The number of fused-ring (bicyclic) bond motifs is 1. The molecule has 2 aromatic carbocycles. The van der Waals surface area contributed by atoms with E-state index in [2.05, 4.69) is 4.98 Å². The zero-order valence-corrected chi connectivity index (χ0v) is 19.0. The van der Waals surface area contributed by atoms with Gasteiger partial charge in [-0.05, 0) is 67.8 Å². The maximum atomic E-state index is 13.2. The molecule has 0 aliphatic rings. The summed E-state index contributed by atoms with van der Waals surface area (Å²) in [5.74, 6) is 0.161. The van der Waals surface area contributed by atoms with Crippen molar-refractivity contribution in [3.8, 4) is 5.75 Å².